The molecule has 0 unspecified atom stereocenters. The van der Waals surface area contributed by atoms with E-state index in [1.807, 2.05) is 30.0 Å². The molecule has 2 saturated heterocycles. The predicted molar refractivity (Wildman–Crippen MR) is 134 cm³/mol. The molecule has 2 heterocycles. The number of piperidine rings is 1. The van der Waals surface area contributed by atoms with Gasteiger partial charge >= 0.3 is 0 Å². The Morgan fingerprint density at radius 2 is 1.83 bits per heavy atom. The summed E-state index contributed by atoms with van der Waals surface area (Å²) in [5, 5.41) is 0.662. The van der Waals surface area contributed by atoms with Crippen molar-refractivity contribution >= 4 is 23.4 Å². The van der Waals surface area contributed by atoms with Crippen LogP contribution in [0.25, 0.3) is 0 Å². The third-order valence-electron chi connectivity index (χ3n) is 6.69. The van der Waals surface area contributed by atoms with Crippen molar-refractivity contribution < 1.29 is 23.8 Å². The highest BCUT2D eigenvalue weighted by molar-refractivity contribution is 6.31. The Balaban J connectivity index is 1.56. The fourth-order valence-corrected chi connectivity index (χ4v) is 4.83. The fraction of sp³-hybridized carbons (Fsp3) is 0.481. The molecule has 2 fully saturated rings. The first kappa shape index (κ1) is 25.3. The number of benzene rings is 2. The van der Waals surface area contributed by atoms with E-state index in [1.54, 1.807) is 36.3 Å². The molecule has 2 aliphatic rings. The third kappa shape index (κ3) is 6.08. The Hall–Kier alpha value is -2.77. The van der Waals surface area contributed by atoms with E-state index in [0.717, 1.165) is 37.9 Å². The maximum absolute atomic E-state index is 13.5. The van der Waals surface area contributed by atoms with E-state index >= 15 is 0 Å². The summed E-state index contributed by atoms with van der Waals surface area (Å²) in [6.45, 7) is 4.56. The second-order valence-corrected chi connectivity index (χ2v) is 9.68. The van der Waals surface area contributed by atoms with Crippen molar-refractivity contribution in [3.63, 3.8) is 0 Å². The molecule has 2 amide bonds. The maximum Gasteiger partial charge on any atom is 0.257 e. The molecule has 1 atom stereocenters. The highest BCUT2D eigenvalue weighted by atomic mass is 35.5. The number of carbonyl (C=O) groups excluding carboxylic acids is 2. The van der Waals surface area contributed by atoms with Crippen molar-refractivity contribution in [1.82, 2.24) is 9.80 Å². The number of methoxy groups -OCH3 is 1. The van der Waals surface area contributed by atoms with Crippen LogP contribution in [0.1, 0.15) is 41.6 Å². The molecule has 0 saturated carbocycles. The summed E-state index contributed by atoms with van der Waals surface area (Å²) in [4.78, 5) is 30.4. The molecule has 2 aromatic rings. The molecule has 2 aromatic carbocycles. The molecule has 4 rings (SSSR count). The average molecular weight is 501 g/mol. The molecule has 0 radical (unpaired) electrons. The Bertz CT molecular complexity index is 1060. The lowest BCUT2D eigenvalue weighted by molar-refractivity contribution is -0.153. The molecule has 7 nitrogen and oxygen atoms in total. The summed E-state index contributed by atoms with van der Waals surface area (Å²) in [6, 6.07) is 12.6. The van der Waals surface area contributed by atoms with Crippen molar-refractivity contribution in [3.8, 4) is 11.5 Å². The molecule has 35 heavy (non-hydrogen) atoms. The number of likely N-dealkylation sites (tertiary alicyclic amines) is 1. The largest absolute Gasteiger partial charge is 0.496 e. The van der Waals surface area contributed by atoms with E-state index in [1.165, 1.54) is 0 Å². The standard InChI is InChI=1S/C27H33ClN2O5/c1-20-16-21(10-11-23(20)28)34-19-27(17-25(31)29-12-6-3-7-13-29)18-30(14-15-35-27)26(32)22-8-4-5-9-24(22)33-2/h4-5,8-11,16H,3,6-7,12-15,17-19H2,1-2H3/t27-/m0/s1. The minimum Gasteiger partial charge on any atom is -0.496 e. The molecule has 0 bridgehead atoms. The van der Waals surface area contributed by atoms with Gasteiger partial charge in [0.15, 0.2) is 0 Å². The molecule has 188 valence electrons. The second kappa shape index (κ2) is 11.3. The van der Waals surface area contributed by atoms with E-state index in [4.69, 9.17) is 25.8 Å². The fourth-order valence-electron chi connectivity index (χ4n) is 4.71. The van der Waals surface area contributed by atoms with Gasteiger partial charge in [-0.3, -0.25) is 9.59 Å². The van der Waals surface area contributed by atoms with E-state index in [9.17, 15) is 9.59 Å². The van der Waals surface area contributed by atoms with E-state index < -0.39 is 5.60 Å². The lowest BCUT2D eigenvalue weighted by atomic mass is 9.95. The van der Waals surface area contributed by atoms with E-state index in [-0.39, 0.29) is 31.4 Å². The topological polar surface area (TPSA) is 68.3 Å². The number of para-hydroxylation sites is 1. The summed E-state index contributed by atoms with van der Waals surface area (Å²) in [5.41, 5.74) is 0.431. The number of aryl methyl sites for hydroxylation is 1. The third-order valence-corrected chi connectivity index (χ3v) is 7.11. The van der Waals surface area contributed by atoms with Crippen molar-refractivity contribution in [2.45, 2.75) is 38.2 Å². The number of carbonyl (C=O) groups is 2. The zero-order chi connectivity index (χ0) is 24.8. The Labute approximate surface area is 211 Å². The van der Waals surface area contributed by atoms with Gasteiger partial charge in [0.2, 0.25) is 5.91 Å². The van der Waals surface area contributed by atoms with Crippen LogP contribution in [0, 0.1) is 6.92 Å². The number of morpholine rings is 1. The van der Waals surface area contributed by atoms with Gasteiger partial charge in [0.05, 0.1) is 32.2 Å². The number of ether oxygens (including phenoxy) is 3. The molecule has 0 spiro atoms. The van der Waals surface area contributed by atoms with Crippen molar-refractivity contribution in [3.05, 3.63) is 58.6 Å². The van der Waals surface area contributed by atoms with Gasteiger partial charge in [0, 0.05) is 24.7 Å². The molecule has 8 heteroatoms. The van der Waals surface area contributed by atoms with Crippen LogP contribution in [-0.4, -0.2) is 73.7 Å². The van der Waals surface area contributed by atoms with Crippen LogP contribution in [0.5, 0.6) is 11.5 Å². The minimum absolute atomic E-state index is 0.0344. The number of hydrogen-bond acceptors (Lipinski definition) is 5. The first-order valence-electron chi connectivity index (χ1n) is 12.1. The zero-order valence-electron chi connectivity index (χ0n) is 20.4. The first-order chi connectivity index (χ1) is 16.9. The van der Waals surface area contributed by atoms with Gasteiger partial charge in [-0.2, -0.15) is 0 Å². The van der Waals surface area contributed by atoms with Crippen LogP contribution >= 0.6 is 11.6 Å². The van der Waals surface area contributed by atoms with Gasteiger partial charge in [-0.05, 0) is 62.1 Å². The van der Waals surface area contributed by atoms with Crippen molar-refractivity contribution in [2.24, 2.45) is 0 Å². The van der Waals surface area contributed by atoms with Crippen LogP contribution in [0.2, 0.25) is 5.02 Å². The number of nitrogens with zero attached hydrogens (tertiary/aromatic N) is 2. The number of hydrogen-bond donors (Lipinski definition) is 0. The summed E-state index contributed by atoms with van der Waals surface area (Å²) in [6.07, 6.45) is 3.32. The van der Waals surface area contributed by atoms with E-state index in [2.05, 4.69) is 0 Å². The van der Waals surface area contributed by atoms with Crippen molar-refractivity contribution in [1.29, 1.82) is 0 Å². The van der Waals surface area contributed by atoms with Crippen molar-refractivity contribution in [2.75, 3.05) is 46.5 Å². The lowest BCUT2D eigenvalue weighted by Gasteiger charge is -2.43. The summed E-state index contributed by atoms with van der Waals surface area (Å²) in [5.74, 6) is 1.05. The van der Waals surface area contributed by atoms with Gasteiger partial charge < -0.3 is 24.0 Å². The summed E-state index contributed by atoms with van der Waals surface area (Å²) in [7, 11) is 1.55. The van der Waals surface area contributed by atoms with Gasteiger partial charge in [-0.25, -0.2) is 0 Å². The molecular formula is C27H33ClN2O5. The normalized spacial score (nSPS) is 20.4. The van der Waals surface area contributed by atoms with Gasteiger partial charge in [-0.15, -0.1) is 0 Å². The van der Waals surface area contributed by atoms with Crippen LogP contribution in [-0.2, 0) is 9.53 Å². The highest BCUT2D eigenvalue weighted by Crippen LogP contribution is 2.29. The second-order valence-electron chi connectivity index (χ2n) is 9.28. The molecule has 2 aliphatic heterocycles. The van der Waals surface area contributed by atoms with Crippen LogP contribution in [0.3, 0.4) is 0 Å². The Morgan fingerprint density at radius 3 is 2.57 bits per heavy atom. The van der Waals surface area contributed by atoms with E-state index in [0.29, 0.717) is 35.2 Å². The summed E-state index contributed by atoms with van der Waals surface area (Å²) < 4.78 is 17.8. The van der Waals surface area contributed by atoms with Gasteiger partial charge in [0.25, 0.3) is 5.91 Å². The Morgan fingerprint density at radius 1 is 1.06 bits per heavy atom. The number of amides is 2. The molecule has 0 aromatic heterocycles. The molecule has 0 N–H and O–H groups in total. The van der Waals surface area contributed by atoms with Crippen LogP contribution in [0.15, 0.2) is 42.5 Å². The minimum atomic E-state index is -0.960. The van der Waals surface area contributed by atoms with Gasteiger partial charge in [0.1, 0.15) is 23.7 Å². The zero-order valence-corrected chi connectivity index (χ0v) is 21.2. The molecule has 0 aliphatic carbocycles. The smallest absolute Gasteiger partial charge is 0.257 e. The Kier molecular flexibility index (Phi) is 8.19. The molecular weight excluding hydrogens is 468 g/mol. The quantitative estimate of drug-likeness (QED) is 0.565. The van der Waals surface area contributed by atoms with Crippen LogP contribution < -0.4 is 9.47 Å². The van der Waals surface area contributed by atoms with Crippen LogP contribution in [0.4, 0.5) is 0 Å². The average Bonchev–Trinajstić information content (AvgIpc) is 2.89. The monoisotopic (exact) mass is 500 g/mol. The SMILES string of the molecule is COc1ccccc1C(=O)N1CCO[C@@](COc2ccc(Cl)c(C)c2)(CC(=O)N2CCCCC2)C1. The number of rotatable bonds is 7. The lowest BCUT2D eigenvalue weighted by Crippen LogP contribution is -2.58. The van der Waals surface area contributed by atoms with Gasteiger partial charge in [-0.1, -0.05) is 23.7 Å². The predicted octanol–water partition coefficient (Wildman–Crippen LogP) is 4.35. The maximum atomic E-state index is 13.5. The highest BCUT2D eigenvalue weighted by Gasteiger charge is 2.43. The summed E-state index contributed by atoms with van der Waals surface area (Å²) >= 11 is 6.16. The first-order valence-corrected chi connectivity index (χ1v) is 12.5. The number of halogens is 1.